The second-order valence-corrected chi connectivity index (χ2v) is 9.06. The van der Waals surface area contributed by atoms with Crippen LogP contribution in [0.3, 0.4) is 0 Å². The molecule has 1 N–H and O–H groups in total. The van der Waals surface area contributed by atoms with Gasteiger partial charge in [0.1, 0.15) is 0 Å². The lowest BCUT2D eigenvalue weighted by atomic mass is 10.1. The van der Waals surface area contributed by atoms with E-state index in [0.29, 0.717) is 33.8 Å². The summed E-state index contributed by atoms with van der Waals surface area (Å²) in [6.45, 7) is 8.83. The molecule has 1 atom stereocenters. The fourth-order valence-corrected chi connectivity index (χ4v) is 4.87. The maximum absolute atomic E-state index is 13.0. The van der Waals surface area contributed by atoms with Gasteiger partial charge in [-0.3, -0.25) is 14.3 Å². The molecule has 2 heterocycles. The molecule has 1 saturated heterocycles. The molecular formula is C25H30N4O3S. The molecule has 2 aromatic carbocycles. The lowest BCUT2D eigenvalue weighted by Gasteiger charge is -2.41. The zero-order valence-corrected chi connectivity index (χ0v) is 20.2. The van der Waals surface area contributed by atoms with Crippen LogP contribution in [0.5, 0.6) is 0 Å². The Morgan fingerprint density at radius 2 is 2.00 bits per heavy atom. The minimum absolute atomic E-state index is 0.136. The summed E-state index contributed by atoms with van der Waals surface area (Å²) >= 11 is 5.44. The largest absolute Gasteiger partial charge is 0.465 e. The molecule has 0 amide bonds. The number of nitrogens with one attached hydrogen (secondary N) is 1. The quantitative estimate of drug-likeness (QED) is 0.441. The number of piperazine rings is 1. The third-order valence-corrected chi connectivity index (χ3v) is 6.63. The summed E-state index contributed by atoms with van der Waals surface area (Å²) in [6.07, 6.45) is 0.834. The number of rotatable bonds is 6. The zero-order chi connectivity index (χ0) is 23.5. The Morgan fingerprint density at radius 3 is 2.73 bits per heavy atom. The van der Waals surface area contributed by atoms with Crippen molar-refractivity contribution in [2.75, 3.05) is 38.2 Å². The Bertz CT molecular complexity index is 1280. The van der Waals surface area contributed by atoms with E-state index in [1.54, 1.807) is 22.8 Å². The van der Waals surface area contributed by atoms with Crippen LogP contribution < -0.4 is 10.5 Å². The van der Waals surface area contributed by atoms with Crippen molar-refractivity contribution in [2.45, 2.75) is 32.9 Å². The number of nitrogens with zero attached hydrogens (tertiary/aromatic N) is 3. The van der Waals surface area contributed by atoms with Gasteiger partial charge in [-0.1, -0.05) is 12.1 Å². The molecule has 1 aliphatic heterocycles. The Balaban J connectivity index is 1.40. The monoisotopic (exact) mass is 466 g/mol. The van der Waals surface area contributed by atoms with Crippen molar-refractivity contribution >= 4 is 34.8 Å². The van der Waals surface area contributed by atoms with Crippen LogP contribution in [0, 0.1) is 11.7 Å². The first-order chi connectivity index (χ1) is 15.9. The number of anilines is 1. The van der Waals surface area contributed by atoms with Crippen molar-refractivity contribution < 1.29 is 9.53 Å². The van der Waals surface area contributed by atoms with Gasteiger partial charge in [0.25, 0.3) is 5.56 Å². The first-order valence-electron chi connectivity index (χ1n) is 11.3. The number of ether oxygens (including phenoxy) is 1. The topological polar surface area (TPSA) is 70.6 Å². The van der Waals surface area contributed by atoms with Crippen LogP contribution >= 0.6 is 12.2 Å². The average Bonchev–Trinajstić information content (AvgIpc) is 2.80. The number of esters is 1. The van der Waals surface area contributed by atoms with Crippen LogP contribution in [-0.2, 0) is 11.3 Å². The molecule has 0 spiro atoms. The highest BCUT2D eigenvalue weighted by Crippen LogP contribution is 2.21. The van der Waals surface area contributed by atoms with Gasteiger partial charge >= 0.3 is 5.97 Å². The Morgan fingerprint density at radius 1 is 1.18 bits per heavy atom. The number of carbonyl (C=O) groups is 1. The number of aromatic amines is 1. The van der Waals surface area contributed by atoms with Crippen LogP contribution in [0.1, 0.15) is 29.3 Å². The van der Waals surface area contributed by atoms with Crippen molar-refractivity contribution in [1.29, 1.82) is 0 Å². The molecule has 1 aromatic heterocycles. The molecule has 1 fully saturated rings. The predicted octanol–water partition coefficient (Wildman–Crippen LogP) is 3.75. The van der Waals surface area contributed by atoms with E-state index in [0.717, 1.165) is 32.6 Å². The van der Waals surface area contributed by atoms with E-state index in [-0.39, 0.29) is 5.56 Å². The Labute approximate surface area is 198 Å². The van der Waals surface area contributed by atoms with Crippen LogP contribution in [0.15, 0.2) is 47.3 Å². The fraction of sp³-hybridized carbons (Fsp3) is 0.400. The molecule has 7 nitrogen and oxygen atoms in total. The standard InChI is InChI=1S/C25H30N4O3S/c1-17-6-4-7-20(14-17)28-13-12-27(16-18(28)2)10-5-11-29-23(30)21-9-8-19(24(31)32-3)15-22(21)26-25(29)33/h4,6-9,14-15,18H,5,10-13,16H2,1-3H3,(H,26,33)/t18-/m0/s1. The summed E-state index contributed by atoms with van der Waals surface area (Å²) in [5.41, 5.74) is 3.35. The number of hydrogen-bond donors (Lipinski definition) is 1. The highest BCUT2D eigenvalue weighted by Gasteiger charge is 2.23. The van der Waals surface area contributed by atoms with Gasteiger partial charge in [0, 0.05) is 37.9 Å². The highest BCUT2D eigenvalue weighted by molar-refractivity contribution is 7.71. The van der Waals surface area contributed by atoms with Gasteiger partial charge in [-0.2, -0.15) is 0 Å². The van der Waals surface area contributed by atoms with Crippen molar-refractivity contribution in [3.63, 3.8) is 0 Å². The number of fused-ring (bicyclic) bond motifs is 1. The van der Waals surface area contributed by atoms with Crippen LogP contribution in [0.2, 0.25) is 0 Å². The van der Waals surface area contributed by atoms with Gasteiger partial charge in [0.05, 0.1) is 23.6 Å². The van der Waals surface area contributed by atoms with Crippen LogP contribution in [0.25, 0.3) is 10.9 Å². The van der Waals surface area contributed by atoms with E-state index in [9.17, 15) is 9.59 Å². The summed E-state index contributed by atoms with van der Waals surface area (Å²) in [6, 6.07) is 14.0. The van der Waals surface area contributed by atoms with E-state index in [1.165, 1.54) is 18.4 Å². The first kappa shape index (κ1) is 23.2. The van der Waals surface area contributed by atoms with Crippen molar-refractivity contribution in [3.8, 4) is 0 Å². The number of aromatic nitrogens is 2. The molecule has 0 radical (unpaired) electrons. The SMILES string of the molecule is COC(=O)c1ccc2c(=O)n(CCCN3CCN(c4cccc(C)c4)[C@@H](C)C3)c(=S)[nH]c2c1. The lowest BCUT2D eigenvalue weighted by molar-refractivity contribution is 0.0601. The summed E-state index contributed by atoms with van der Waals surface area (Å²) in [4.78, 5) is 32.8. The lowest BCUT2D eigenvalue weighted by Crippen LogP contribution is -2.52. The maximum Gasteiger partial charge on any atom is 0.337 e. The molecule has 33 heavy (non-hydrogen) atoms. The average molecular weight is 467 g/mol. The van der Waals surface area contributed by atoms with Crippen molar-refractivity contribution in [1.82, 2.24) is 14.5 Å². The van der Waals surface area contributed by atoms with E-state index in [4.69, 9.17) is 17.0 Å². The molecular weight excluding hydrogens is 436 g/mol. The summed E-state index contributed by atoms with van der Waals surface area (Å²) in [5.74, 6) is -0.447. The Hall–Kier alpha value is -2.97. The van der Waals surface area contributed by atoms with Gasteiger partial charge < -0.3 is 14.6 Å². The molecule has 0 unspecified atom stereocenters. The number of methoxy groups -OCH3 is 1. The molecule has 0 aliphatic carbocycles. The molecule has 1 aliphatic rings. The van der Waals surface area contributed by atoms with Gasteiger partial charge in [-0.25, -0.2) is 4.79 Å². The highest BCUT2D eigenvalue weighted by atomic mass is 32.1. The van der Waals surface area contributed by atoms with Crippen LogP contribution in [-0.4, -0.2) is 59.8 Å². The molecule has 8 heteroatoms. The molecule has 0 saturated carbocycles. The van der Waals surface area contributed by atoms with E-state index in [2.05, 4.69) is 52.9 Å². The molecule has 174 valence electrons. The van der Waals surface area contributed by atoms with E-state index in [1.807, 2.05) is 0 Å². The minimum atomic E-state index is -0.447. The summed E-state index contributed by atoms with van der Waals surface area (Å²) in [5, 5.41) is 0.511. The summed E-state index contributed by atoms with van der Waals surface area (Å²) in [7, 11) is 1.33. The minimum Gasteiger partial charge on any atom is -0.465 e. The fourth-order valence-electron chi connectivity index (χ4n) is 4.58. The third kappa shape index (κ3) is 5.02. The summed E-state index contributed by atoms with van der Waals surface area (Å²) < 4.78 is 6.74. The Kier molecular flexibility index (Phi) is 6.95. The van der Waals surface area contributed by atoms with Gasteiger partial charge in [0.15, 0.2) is 4.77 Å². The third-order valence-electron chi connectivity index (χ3n) is 6.30. The zero-order valence-electron chi connectivity index (χ0n) is 19.3. The smallest absolute Gasteiger partial charge is 0.337 e. The normalized spacial score (nSPS) is 16.8. The second kappa shape index (κ2) is 9.89. The number of benzene rings is 2. The maximum atomic E-state index is 13.0. The van der Waals surface area contributed by atoms with Crippen LogP contribution in [0.4, 0.5) is 5.69 Å². The van der Waals surface area contributed by atoms with Gasteiger partial charge in [-0.05, 0) is 74.9 Å². The predicted molar refractivity (Wildman–Crippen MR) is 134 cm³/mol. The first-order valence-corrected chi connectivity index (χ1v) is 11.7. The van der Waals surface area contributed by atoms with Gasteiger partial charge in [-0.15, -0.1) is 0 Å². The van der Waals surface area contributed by atoms with E-state index >= 15 is 0 Å². The second-order valence-electron chi connectivity index (χ2n) is 8.67. The number of hydrogen-bond acceptors (Lipinski definition) is 6. The number of aryl methyl sites for hydroxylation is 1. The number of H-pyrrole nitrogens is 1. The van der Waals surface area contributed by atoms with Crippen molar-refractivity contribution in [2.24, 2.45) is 0 Å². The van der Waals surface area contributed by atoms with Crippen molar-refractivity contribution in [3.05, 3.63) is 68.7 Å². The van der Waals surface area contributed by atoms with Gasteiger partial charge in [0.2, 0.25) is 0 Å². The molecule has 4 rings (SSSR count). The molecule has 3 aromatic rings. The van der Waals surface area contributed by atoms with E-state index < -0.39 is 5.97 Å². The number of carbonyl (C=O) groups excluding carboxylic acids is 1. The molecule has 0 bridgehead atoms.